The number of carbonyl (C=O) groups is 1. The highest BCUT2D eigenvalue weighted by Gasteiger charge is 2.23. The van der Waals surface area contributed by atoms with Gasteiger partial charge in [-0.05, 0) is 36.8 Å². The van der Waals surface area contributed by atoms with Crippen molar-refractivity contribution in [2.75, 3.05) is 0 Å². The summed E-state index contributed by atoms with van der Waals surface area (Å²) < 4.78 is 0. The van der Waals surface area contributed by atoms with Crippen LogP contribution < -0.4 is 5.32 Å². The van der Waals surface area contributed by atoms with E-state index in [0.717, 1.165) is 24.2 Å². The number of fused-ring (bicyclic) bond motifs is 1. The van der Waals surface area contributed by atoms with Gasteiger partial charge in [0.2, 0.25) is 5.91 Å². The zero-order valence-electron chi connectivity index (χ0n) is 12.2. The lowest BCUT2D eigenvalue weighted by atomic mass is 9.97. The lowest BCUT2D eigenvalue weighted by Gasteiger charge is -2.11. The summed E-state index contributed by atoms with van der Waals surface area (Å²) >= 11 is 0. The van der Waals surface area contributed by atoms with Crippen LogP contribution >= 0.6 is 0 Å². The van der Waals surface area contributed by atoms with Crippen molar-refractivity contribution in [2.45, 2.75) is 38.6 Å². The largest absolute Gasteiger partial charge is 0.350 e. The second kappa shape index (κ2) is 6.04. The topological polar surface area (TPSA) is 54.9 Å². The van der Waals surface area contributed by atoms with Crippen LogP contribution in [-0.2, 0) is 17.8 Å². The van der Waals surface area contributed by atoms with Gasteiger partial charge in [0, 0.05) is 12.6 Å². The summed E-state index contributed by atoms with van der Waals surface area (Å²) in [7, 11) is 0. The summed E-state index contributed by atoms with van der Waals surface area (Å²) in [4.78, 5) is 20.5. The van der Waals surface area contributed by atoms with Crippen molar-refractivity contribution >= 4 is 5.91 Å². The van der Waals surface area contributed by atoms with Crippen LogP contribution in [0.4, 0.5) is 0 Å². The first-order valence-corrected chi connectivity index (χ1v) is 7.34. The average Bonchev–Trinajstić information content (AvgIpc) is 2.90. The number of amides is 1. The van der Waals surface area contributed by atoms with Gasteiger partial charge in [0.25, 0.3) is 0 Å². The van der Waals surface area contributed by atoms with Gasteiger partial charge in [0.15, 0.2) is 0 Å². The van der Waals surface area contributed by atoms with Gasteiger partial charge in [-0.3, -0.25) is 14.8 Å². The van der Waals surface area contributed by atoms with Crippen LogP contribution in [0.3, 0.4) is 0 Å². The van der Waals surface area contributed by atoms with Crippen LogP contribution in [-0.4, -0.2) is 15.9 Å². The van der Waals surface area contributed by atoms with E-state index in [9.17, 15) is 4.79 Å². The van der Waals surface area contributed by atoms with Crippen molar-refractivity contribution in [3.8, 4) is 0 Å². The van der Waals surface area contributed by atoms with E-state index in [1.165, 1.54) is 11.1 Å². The van der Waals surface area contributed by atoms with E-state index in [-0.39, 0.29) is 5.91 Å². The van der Waals surface area contributed by atoms with Gasteiger partial charge in [0.05, 0.1) is 24.1 Å². The van der Waals surface area contributed by atoms with Gasteiger partial charge < -0.3 is 5.32 Å². The molecule has 21 heavy (non-hydrogen) atoms. The molecule has 0 fully saturated rings. The lowest BCUT2D eigenvalue weighted by Crippen LogP contribution is -2.24. The van der Waals surface area contributed by atoms with E-state index in [1.54, 1.807) is 12.4 Å². The minimum Gasteiger partial charge on any atom is -0.350 e. The Hall–Kier alpha value is -2.23. The van der Waals surface area contributed by atoms with E-state index in [4.69, 9.17) is 0 Å². The maximum Gasteiger partial charge on any atom is 0.220 e. The van der Waals surface area contributed by atoms with Crippen LogP contribution in [0.2, 0.25) is 0 Å². The molecule has 3 rings (SSSR count). The lowest BCUT2D eigenvalue weighted by molar-refractivity contribution is -0.121. The van der Waals surface area contributed by atoms with E-state index in [1.807, 2.05) is 6.92 Å². The third-order valence-electron chi connectivity index (χ3n) is 3.99. The summed E-state index contributed by atoms with van der Waals surface area (Å²) in [5, 5.41) is 2.93. The van der Waals surface area contributed by atoms with Crippen molar-refractivity contribution in [1.82, 2.24) is 15.3 Å². The molecule has 0 saturated carbocycles. The number of hydrogen-bond donors (Lipinski definition) is 1. The Morgan fingerprint density at radius 2 is 2.14 bits per heavy atom. The van der Waals surface area contributed by atoms with Crippen molar-refractivity contribution < 1.29 is 4.79 Å². The molecule has 1 aliphatic carbocycles. The van der Waals surface area contributed by atoms with Crippen molar-refractivity contribution in [3.63, 3.8) is 0 Å². The van der Waals surface area contributed by atoms with Gasteiger partial charge >= 0.3 is 0 Å². The minimum absolute atomic E-state index is 0.0825. The SMILES string of the molecule is Cc1cnc(CNC(=O)C[C@@H]2CCc3ccccc32)cn1. The third kappa shape index (κ3) is 3.27. The van der Waals surface area contributed by atoms with Gasteiger partial charge in [-0.15, -0.1) is 0 Å². The Morgan fingerprint density at radius 1 is 1.29 bits per heavy atom. The Labute approximate surface area is 124 Å². The molecule has 0 unspecified atom stereocenters. The van der Waals surface area contributed by atoms with Crippen molar-refractivity contribution in [2.24, 2.45) is 0 Å². The molecule has 1 aromatic heterocycles. The van der Waals surface area contributed by atoms with E-state index >= 15 is 0 Å². The highest BCUT2D eigenvalue weighted by Crippen LogP contribution is 2.34. The molecule has 1 heterocycles. The zero-order chi connectivity index (χ0) is 14.7. The average molecular weight is 281 g/mol. The van der Waals surface area contributed by atoms with E-state index in [2.05, 4.69) is 39.6 Å². The highest BCUT2D eigenvalue weighted by atomic mass is 16.1. The first kappa shape index (κ1) is 13.7. The maximum atomic E-state index is 12.1. The molecule has 1 aromatic carbocycles. The van der Waals surface area contributed by atoms with Crippen LogP contribution in [0, 0.1) is 6.92 Å². The summed E-state index contributed by atoms with van der Waals surface area (Å²) in [5.41, 5.74) is 4.40. The summed E-state index contributed by atoms with van der Waals surface area (Å²) in [6.45, 7) is 2.34. The van der Waals surface area contributed by atoms with Crippen LogP contribution in [0.5, 0.6) is 0 Å². The second-order valence-electron chi connectivity index (χ2n) is 5.56. The quantitative estimate of drug-likeness (QED) is 0.937. The number of nitrogens with one attached hydrogen (secondary N) is 1. The predicted octanol–water partition coefficient (Wildman–Crippen LogP) is 2.52. The monoisotopic (exact) mass is 281 g/mol. The maximum absolute atomic E-state index is 12.1. The molecule has 0 spiro atoms. The van der Waals surface area contributed by atoms with Gasteiger partial charge in [-0.2, -0.15) is 0 Å². The Kier molecular flexibility index (Phi) is 3.95. The molecular weight excluding hydrogens is 262 g/mol. The Morgan fingerprint density at radius 3 is 2.95 bits per heavy atom. The highest BCUT2D eigenvalue weighted by molar-refractivity contribution is 5.77. The van der Waals surface area contributed by atoms with Crippen LogP contribution in [0.1, 0.15) is 41.3 Å². The molecule has 2 aromatic rings. The molecule has 4 heteroatoms. The fourth-order valence-electron chi connectivity index (χ4n) is 2.85. The van der Waals surface area contributed by atoms with E-state index < -0.39 is 0 Å². The minimum atomic E-state index is 0.0825. The zero-order valence-corrected chi connectivity index (χ0v) is 12.2. The first-order chi connectivity index (χ1) is 10.2. The van der Waals surface area contributed by atoms with E-state index in [0.29, 0.717) is 18.9 Å². The molecule has 0 radical (unpaired) electrons. The molecule has 4 nitrogen and oxygen atoms in total. The molecule has 0 bridgehead atoms. The molecule has 0 saturated heterocycles. The molecule has 1 aliphatic rings. The second-order valence-corrected chi connectivity index (χ2v) is 5.56. The number of rotatable bonds is 4. The smallest absolute Gasteiger partial charge is 0.220 e. The van der Waals surface area contributed by atoms with Crippen LogP contribution in [0.25, 0.3) is 0 Å². The summed E-state index contributed by atoms with van der Waals surface area (Å²) in [5.74, 6) is 0.435. The van der Waals surface area contributed by atoms with Crippen molar-refractivity contribution in [3.05, 3.63) is 59.2 Å². The normalized spacial score (nSPS) is 16.5. The molecule has 1 amide bonds. The molecule has 108 valence electrons. The standard InChI is InChI=1S/C17H19N3O/c1-12-9-19-15(10-18-12)11-20-17(21)8-14-7-6-13-4-2-3-5-16(13)14/h2-5,9-10,14H,6-8,11H2,1H3,(H,20,21)/t14-/m0/s1. The number of nitrogens with zero attached hydrogens (tertiary/aromatic N) is 2. The number of benzene rings is 1. The predicted molar refractivity (Wildman–Crippen MR) is 80.7 cm³/mol. The molecular formula is C17H19N3O. The summed E-state index contributed by atoms with van der Waals surface area (Å²) in [6, 6.07) is 8.43. The number of hydrogen-bond acceptors (Lipinski definition) is 3. The van der Waals surface area contributed by atoms with Gasteiger partial charge in [-0.25, -0.2) is 0 Å². The number of aromatic nitrogens is 2. The van der Waals surface area contributed by atoms with Crippen LogP contribution in [0.15, 0.2) is 36.7 Å². The molecule has 1 N–H and O–H groups in total. The van der Waals surface area contributed by atoms with Crippen molar-refractivity contribution in [1.29, 1.82) is 0 Å². The number of aryl methyl sites for hydroxylation is 2. The first-order valence-electron chi connectivity index (χ1n) is 7.34. The molecule has 0 aliphatic heterocycles. The fraction of sp³-hybridized carbons (Fsp3) is 0.353. The van der Waals surface area contributed by atoms with Gasteiger partial charge in [-0.1, -0.05) is 24.3 Å². The Balaban J connectivity index is 1.54. The van der Waals surface area contributed by atoms with Gasteiger partial charge in [0.1, 0.15) is 0 Å². The summed E-state index contributed by atoms with van der Waals surface area (Å²) in [6.07, 6.45) is 6.13. The Bertz CT molecular complexity index is 637. The number of carbonyl (C=O) groups excluding carboxylic acids is 1. The third-order valence-corrected chi connectivity index (χ3v) is 3.99. The molecule has 1 atom stereocenters. The fourth-order valence-corrected chi connectivity index (χ4v) is 2.85.